The second-order valence-corrected chi connectivity index (χ2v) is 11.7. The van der Waals surface area contributed by atoms with Crippen LogP contribution in [0, 0.1) is 17.2 Å². The van der Waals surface area contributed by atoms with Gasteiger partial charge in [0.25, 0.3) is 0 Å². The van der Waals surface area contributed by atoms with Crippen molar-refractivity contribution in [1.82, 2.24) is 30.4 Å². The molecule has 42 heavy (non-hydrogen) atoms. The highest BCUT2D eigenvalue weighted by molar-refractivity contribution is 5.94. The van der Waals surface area contributed by atoms with Gasteiger partial charge >= 0.3 is 0 Å². The molecule has 1 saturated carbocycles. The van der Waals surface area contributed by atoms with E-state index in [2.05, 4.69) is 26.9 Å². The summed E-state index contributed by atoms with van der Waals surface area (Å²) in [5.74, 6) is -0.101. The zero-order valence-electron chi connectivity index (χ0n) is 23.6. The number of carbonyl (C=O) groups is 3. The van der Waals surface area contributed by atoms with Crippen LogP contribution in [0.25, 0.3) is 0 Å². The molecule has 2 heterocycles. The summed E-state index contributed by atoms with van der Waals surface area (Å²) in [7, 11) is 1.78. The van der Waals surface area contributed by atoms with Crippen LogP contribution in [0.5, 0.6) is 0 Å². The predicted octanol–water partition coefficient (Wildman–Crippen LogP) is 0.722. The molecule has 1 aliphatic heterocycles. The first-order valence-corrected chi connectivity index (χ1v) is 14.2. The molecule has 3 aliphatic rings. The van der Waals surface area contributed by atoms with Crippen molar-refractivity contribution in [2.24, 2.45) is 24.4 Å². The van der Waals surface area contributed by atoms with Crippen LogP contribution in [-0.2, 0) is 30.1 Å². The van der Waals surface area contributed by atoms with Crippen LogP contribution in [0.1, 0.15) is 75.0 Å². The summed E-state index contributed by atoms with van der Waals surface area (Å²) in [5.41, 5.74) is 14.9. The van der Waals surface area contributed by atoms with Crippen LogP contribution >= 0.6 is 0 Å². The quantitative estimate of drug-likeness (QED) is 0.355. The van der Waals surface area contributed by atoms with Gasteiger partial charge in [0.05, 0.1) is 18.0 Å². The van der Waals surface area contributed by atoms with E-state index < -0.39 is 17.2 Å². The van der Waals surface area contributed by atoms with Crippen molar-refractivity contribution >= 4 is 17.7 Å². The normalized spacial score (nSPS) is 22.2. The molecular weight excluding hydrogens is 534 g/mol. The number of nitrogens with one attached hydrogen (secondary N) is 1. The first kappa shape index (κ1) is 27.5. The van der Waals surface area contributed by atoms with Crippen molar-refractivity contribution in [3.8, 4) is 6.07 Å². The number of piperidine rings is 1. The fourth-order valence-electron chi connectivity index (χ4n) is 7.11. The summed E-state index contributed by atoms with van der Waals surface area (Å²) in [5, 5.41) is 25.6. The molecule has 3 aromatic rings. The Morgan fingerprint density at radius 1 is 1.07 bits per heavy atom. The maximum absolute atomic E-state index is 13.3. The van der Waals surface area contributed by atoms with E-state index in [1.165, 1.54) is 0 Å². The van der Waals surface area contributed by atoms with Crippen LogP contribution in [-0.4, -0.2) is 67.5 Å². The molecule has 1 saturated heterocycles. The number of rotatable bonds is 8. The van der Waals surface area contributed by atoms with Gasteiger partial charge in [-0.1, -0.05) is 12.1 Å². The van der Waals surface area contributed by atoms with Gasteiger partial charge in [-0.15, -0.1) is 5.10 Å². The Morgan fingerprint density at radius 2 is 1.69 bits per heavy atom. The van der Waals surface area contributed by atoms with E-state index in [0.29, 0.717) is 42.1 Å². The number of nitriles is 1. The second kappa shape index (κ2) is 10.3. The third kappa shape index (κ3) is 4.50. The summed E-state index contributed by atoms with van der Waals surface area (Å²) < 4.78 is 1.63. The van der Waals surface area contributed by atoms with E-state index in [0.717, 1.165) is 35.1 Å². The average molecular weight is 568 g/mol. The zero-order valence-corrected chi connectivity index (χ0v) is 23.6. The SMILES string of the molecule is C[C@H](CC1(c2nnnn2C)c2ccc(C(N)=O)cc2CCc2cc(C(N)=O)ccc21)NCC(=O)N1[C@H](C#N)C[C@@H]2C[C@@H]21. The number of primary amides is 2. The Bertz CT molecular complexity index is 1580. The first-order chi connectivity index (χ1) is 20.1. The smallest absolute Gasteiger partial charge is 0.248 e. The molecule has 0 bridgehead atoms. The van der Waals surface area contributed by atoms with Gasteiger partial charge < -0.3 is 21.7 Å². The number of carbonyl (C=O) groups excluding carboxylic acids is 3. The molecule has 12 heteroatoms. The highest BCUT2D eigenvalue weighted by atomic mass is 16.2. The molecule has 0 unspecified atom stereocenters. The van der Waals surface area contributed by atoms with E-state index in [1.807, 2.05) is 31.2 Å². The lowest BCUT2D eigenvalue weighted by Crippen LogP contribution is -2.46. The molecule has 4 atom stereocenters. The average Bonchev–Trinajstić information content (AvgIpc) is 3.47. The van der Waals surface area contributed by atoms with Gasteiger partial charge in [0, 0.05) is 30.3 Å². The number of hydrogen-bond donors (Lipinski definition) is 3. The molecule has 2 aliphatic carbocycles. The maximum atomic E-state index is 13.3. The van der Waals surface area contributed by atoms with Crippen molar-refractivity contribution < 1.29 is 14.4 Å². The number of fused-ring (bicyclic) bond motifs is 3. The number of amides is 3. The van der Waals surface area contributed by atoms with Gasteiger partial charge in [0.2, 0.25) is 17.7 Å². The number of benzene rings is 2. The van der Waals surface area contributed by atoms with Gasteiger partial charge in [0.15, 0.2) is 5.82 Å². The number of likely N-dealkylation sites (tertiary alicyclic amines) is 1. The molecule has 5 N–H and O–H groups in total. The van der Waals surface area contributed by atoms with Crippen molar-refractivity contribution in [2.75, 3.05) is 6.54 Å². The highest BCUT2D eigenvalue weighted by Crippen LogP contribution is 2.48. The van der Waals surface area contributed by atoms with Crippen molar-refractivity contribution in [1.29, 1.82) is 5.26 Å². The number of hydrogen-bond acceptors (Lipinski definition) is 8. The van der Waals surface area contributed by atoms with Gasteiger partial charge in [-0.05, 0) is 102 Å². The van der Waals surface area contributed by atoms with Crippen molar-refractivity contribution in [3.05, 3.63) is 75.6 Å². The summed E-state index contributed by atoms with van der Waals surface area (Å²) in [4.78, 5) is 39.3. The van der Waals surface area contributed by atoms with Crippen LogP contribution in [0.2, 0.25) is 0 Å². The minimum atomic E-state index is -0.911. The van der Waals surface area contributed by atoms with E-state index in [9.17, 15) is 19.6 Å². The lowest BCUT2D eigenvalue weighted by atomic mass is 9.67. The molecular formula is C30H33N9O3. The van der Waals surface area contributed by atoms with Gasteiger partial charge in [0.1, 0.15) is 6.04 Å². The fourth-order valence-corrected chi connectivity index (χ4v) is 7.11. The van der Waals surface area contributed by atoms with E-state index >= 15 is 0 Å². The first-order valence-electron chi connectivity index (χ1n) is 14.2. The third-order valence-corrected chi connectivity index (χ3v) is 9.12. The summed E-state index contributed by atoms with van der Waals surface area (Å²) >= 11 is 0. The summed E-state index contributed by atoms with van der Waals surface area (Å²) in [6.07, 6.45) is 3.35. The Morgan fingerprint density at radius 3 is 2.21 bits per heavy atom. The number of aryl methyl sites for hydroxylation is 3. The van der Waals surface area contributed by atoms with Crippen molar-refractivity contribution in [2.45, 2.75) is 62.6 Å². The number of tetrazole rings is 1. The third-order valence-electron chi connectivity index (χ3n) is 9.12. The standard InChI is InChI=1S/C30H33N9O3/c1-16(34-15-26(40)39-22(14-31)11-21-12-25(21)39)13-30(29-35-36-37-38(29)2)23-7-5-19(27(32)41)9-17(23)3-4-18-10-20(28(33)42)6-8-24(18)30/h5-10,16,21-22,25,34H,3-4,11-13,15H2,1-2H3,(H2,32,41)(H2,33,42)/t16-,21-,22+,25+/m1/s1. The molecule has 2 fully saturated rings. The number of aromatic nitrogens is 4. The molecule has 0 radical (unpaired) electrons. The molecule has 12 nitrogen and oxygen atoms in total. The van der Waals surface area contributed by atoms with Crippen LogP contribution in [0.15, 0.2) is 36.4 Å². The lowest BCUT2D eigenvalue weighted by molar-refractivity contribution is -0.131. The molecule has 0 spiro atoms. The number of nitrogens with two attached hydrogens (primary N) is 2. The van der Waals surface area contributed by atoms with Gasteiger partial charge in [-0.25, -0.2) is 4.68 Å². The predicted molar refractivity (Wildman–Crippen MR) is 151 cm³/mol. The van der Waals surface area contributed by atoms with Crippen LogP contribution in [0.3, 0.4) is 0 Å². The Labute approximate surface area is 243 Å². The maximum Gasteiger partial charge on any atom is 0.248 e. The van der Waals surface area contributed by atoms with Crippen LogP contribution < -0.4 is 16.8 Å². The van der Waals surface area contributed by atoms with Gasteiger partial charge in [-0.3, -0.25) is 14.4 Å². The largest absolute Gasteiger partial charge is 0.366 e. The highest BCUT2D eigenvalue weighted by Gasteiger charge is 2.54. The van der Waals surface area contributed by atoms with E-state index in [-0.39, 0.29) is 30.6 Å². The summed E-state index contributed by atoms with van der Waals surface area (Å²) in [6, 6.07) is 12.8. The van der Waals surface area contributed by atoms with E-state index in [4.69, 9.17) is 11.5 Å². The minimum absolute atomic E-state index is 0.0772. The zero-order chi connectivity index (χ0) is 29.8. The molecule has 6 rings (SSSR count). The van der Waals surface area contributed by atoms with Crippen molar-refractivity contribution in [3.63, 3.8) is 0 Å². The molecule has 1 aromatic heterocycles. The van der Waals surface area contributed by atoms with E-state index in [1.54, 1.807) is 28.8 Å². The Balaban J connectivity index is 1.43. The molecule has 2 aromatic carbocycles. The molecule has 3 amide bonds. The van der Waals surface area contributed by atoms with Crippen LogP contribution in [0.4, 0.5) is 0 Å². The number of nitrogens with zero attached hydrogens (tertiary/aromatic N) is 6. The lowest BCUT2D eigenvalue weighted by Gasteiger charge is -2.37. The van der Waals surface area contributed by atoms with Gasteiger partial charge in [-0.2, -0.15) is 5.26 Å². The Kier molecular flexibility index (Phi) is 6.77. The minimum Gasteiger partial charge on any atom is -0.366 e. The Hall–Kier alpha value is -4.63. The molecule has 216 valence electrons. The fraction of sp³-hybridized carbons (Fsp3) is 0.433. The monoisotopic (exact) mass is 567 g/mol. The summed E-state index contributed by atoms with van der Waals surface area (Å²) in [6.45, 7) is 2.10. The second-order valence-electron chi connectivity index (χ2n) is 11.7. The topological polar surface area (TPSA) is 186 Å².